The number of aromatic nitrogens is 2. The molecule has 26 heavy (non-hydrogen) atoms. The summed E-state index contributed by atoms with van der Waals surface area (Å²) in [6.45, 7) is 1.11. The fourth-order valence-electron chi connectivity index (χ4n) is 2.40. The number of hydrogen-bond donors (Lipinski definition) is 1. The van der Waals surface area contributed by atoms with E-state index >= 15 is 0 Å². The van der Waals surface area contributed by atoms with Gasteiger partial charge in [0, 0.05) is 28.2 Å². The molecule has 8 heteroatoms. The smallest absolute Gasteiger partial charge is 0.236 e. The van der Waals surface area contributed by atoms with Crippen LogP contribution in [-0.2, 0) is 4.79 Å². The summed E-state index contributed by atoms with van der Waals surface area (Å²) in [5.74, 6) is 1.66. The highest BCUT2D eigenvalue weighted by molar-refractivity contribution is 8.00. The Bertz CT molecular complexity index is 915. The van der Waals surface area contributed by atoms with Gasteiger partial charge in [0.05, 0.1) is 11.4 Å². The topological polar surface area (TPSA) is 73.3 Å². The molecule has 1 aliphatic rings. The van der Waals surface area contributed by atoms with Gasteiger partial charge in [-0.15, -0.1) is 23.1 Å². The Kier molecular flexibility index (Phi) is 5.03. The van der Waals surface area contributed by atoms with Crippen molar-refractivity contribution in [3.05, 3.63) is 48.1 Å². The predicted octanol–water partition coefficient (Wildman–Crippen LogP) is 3.71. The minimum absolute atomic E-state index is 0.100. The molecule has 6 nitrogen and oxygen atoms in total. The Labute approximate surface area is 158 Å². The van der Waals surface area contributed by atoms with Crippen molar-refractivity contribution in [3.8, 4) is 22.8 Å². The fraction of sp³-hybridized carbons (Fsp3) is 0.167. The number of thiazole rings is 1. The summed E-state index contributed by atoms with van der Waals surface area (Å²) in [5.41, 5.74) is 1.73. The Hall–Kier alpha value is -2.58. The van der Waals surface area contributed by atoms with Crippen molar-refractivity contribution < 1.29 is 14.3 Å². The maximum atomic E-state index is 12.2. The number of rotatable bonds is 5. The summed E-state index contributed by atoms with van der Waals surface area (Å²) < 4.78 is 11.1. The molecule has 3 aromatic rings. The number of hydrogen-bond acceptors (Lipinski definition) is 7. The molecular weight excluding hydrogens is 370 g/mol. The number of pyridine rings is 1. The molecule has 0 fully saturated rings. The molecule has 1 aliphatic heterocycles. The molecule has 0 spiro atoms. The molecule has 0 saturated heterocycles. The zero-order chi connectivity index (χ0) is 17.8. The number of anilines is 1. The zero-order valence-corrected chi connectivity index (χ0v) is 15.3. The van der Waals surface area contributed by atoms with Gasteiger partial charge in [0.2, 0.25) is 5.91 Å². The van der Waals surface area contributed by atoms with Crippen LogP contribution < -0.4 is 14.8 Å². The minimum Gasteiger partial charge on any atom is -0.486 e. The van der Waals surface area contributed by atoms with E-state index in [1.54, 1.807) is 12.4 Å². The van der Waals surface area contributed by atoms with Gasteiger partial charge >= 0.3 is 0 Å². The normalized spacial score (nSPS) is 12.6. The van der Waals surface area contributed by atoms with E-state index < -0.39 is 0 Å². The monoisotopic (exact) mass is 385 g/mol. The second-order valence-corrected chi connectivity index (χ2v) is 7.33. The van der Waals surface area contributed by atoms with Gasteiger partial charge in [0.15, 0.2) is 16.6 Å². The van der Waals surface area contributed by atoms with Crippen LogP contribution in [0.5, 0.6) is 11.5 Å². The highest BCUT2D eigenvalue weighted by Crippen LogP contribution is 2.34. The molecule has 0 aliphatic carbocycles. The van der Waals surface area contributed by atoms with Crippen LogP contribution in [0.2, 0.25) is 0 Å². The maximum absolute atomic E-state index is 12.2. The lowest BCUT2D eigenvalue weighted by atomic mass is 10.2. The van der Waals surface area contributed by atoms with Crippen LogP contribution in [0, 0.1) is 0 Å². The zero-order valence-electron chi connectivity index (χ0n) is 13.7. The second kappa shape index (κ2) is 7.76. The molecule has 4 rings (SSSR count). The van der Waals surface area contributed by atoms with Crippen molar-refractivity contribution in [3.63, 3.8) is 0 Å². The van der Waals surface area contributed by atoms with Crippen LogP contribution >= 0.6 is 23.1 Å². The molecule has 0 bridgehead atoms. The van der Waals surface area contributed by atoms with Crippen LogP contribution in [0.4, 0.5) is 5.13 Å². The number of ether oxygens (including phenoxy) is 2. The molecule has 1 N–H and O–H groups in total. The number of thioether (sulfide) groups is 1. The predicted molar refractivity (Wildman–Crippen MR) is 102 cm³/mol. The van der Waals surface area contributed by atoms with Crippen LogP contribution in [0.15, 0.2) is 53.0 Å². The first-order valence-corrected chi connectivity index (χ1v) is 9.83. The van der Waals surface area contributed by atoms with Gasteiger partial charge in [0.1, 0.15) is 13.2 Å². The molecule has 0 radical (unpaired) electrons. The van der Waals surface area contributed by atoms with Gasteiger partial charge in [-0.25, -0.2) is 4.98 Å². The van der Waals surface area contributed by atoms with E-state index in [4.69, 9.17) is 9.47 Å². The average Bonchev–Trinajstić information content (AvgIpc) is 3.15. The summed E-state index contributed by atoms with van der Waals surface area (Å²) in [5, 5.41) is 5.32. The largest absolute Gasteiger partial charge is 0.486 e. The highest BCUT2D eigenvalue weighted by atomic mass is 32.2. The molecule has 1 aromatic carbocycles. The fourth-order valence-corrected chi connectivity index (χ4v) is 3.86. The minimum atomic E-state index is -0.100. The van der Waals surface area contributed by atoms with Crippen LogP contribution in [0.3, 0.4) is 0 Å². The Morgan fingerprint density at radius 2 is 2.12 bits per heavy atom. The van der Waals surface area contributed by atoms with E-state index in [0.29, 0.717) is 24.1 Å². The van der Waals surface area contributed by atoms with Gasteiger partial charge in [-0.2, -0.15) is 0 Å². The van der Waals surface area contributed by atoms with Gasteiger partial charge < -0.3 is 14.8 Å². The van der Waals surface area contributed by atoms with E-state index in [0.717, 1.165) is 27.7 Å². The first-order chi connectivity index (χ1) is 12.8. The lowest BCUT2D eigenvalue weighted by Crippen LogP contribution is -2.15. The van der Waals surface area contributed by atoms with Crippen molar-refractivity contribution in [1.29, 1.82) is 0 Å². The summed E-state index contributed by atoms with van der Waals surface area (Å²) in [6.07, 6.45) is 3.46. The number of fused-ring (bicyclic) bond motifs is 1. The van der Waals surface area contributed by atoms with E-state index in [1.807, 2.05) is 35.7 Å². The standard InChI is InChI=1S/C18H15N3O3S2/c22-17(11-25-13-3-4-15-16(8-13)24-7-6-23-15)21-18-20-14(10-26-18)12-2-1-5-19-9-12/h1-5,8-10H,6-7,11H2,(H,20,21,22). The first-order valence-electron chi connectivity index (χ1n) is 7.96. The number of carbonyl (C=O) groups is 1. The third kappa shape index (κ3) is 3.97. The quantitative estimate of drug-likeness (QED) is 0.675. The van der Waals surface area contributed by atoms with Gasteiger partial charge in [-0.1, -0.05) is 0 Å². The molecule has 0 atom stereocenters. The van der Waals surface area contributed by atoms with Crippen molar-refractivity contribution >= 4 is 34.1 Å². The van der Waals surface area contributed by atoms with Gasteiger partial charge in [0.25, 0.3) is 0 Å². The van der Waals surface area contributed by atoms with Gasteiger partial charge in [-0.3, -0.25) is 9.78 Å². The second-order valence-electron chi connectivity index (χ2n) is 5.42. The Morgan fingerprint density at radius 1 is 1.23 bits per heavy atom. The summed E-state index contributed by atoms with van der Waals surface area (Å²) in [6, 6.07) is 9.49. The number of benzene rings is 1. The Morgan fingerprint density at radius 3 is 2.96 bits per heavy atom. The van der Waals surface area contributed by atoms with Crippen LogP contribution in [0.25, 0.3) is 11.3 Å². The number of carbonyl (C=O) groups excluding carboxylic acids is 1. The molecule has 0 saturated carbocycles. The number of amides is 1. The molecule has 3 heterocycles. The van der Waals surface area contributed by atoms with Gasteiger partial charge in [-0.05, 0) is 30.3 Å². The lowest BCUT2D eigenvalue weighted by molar-refractivity contribution is -0.113. The first kappa shape index (κ1) is 16.9. The van der Waals surface area contributed by atoms with Crippen LogP contribution in [-0.4, -0.2) is 34.8 Å². The Balaban J connectivity index is 1.34. The summed E-state index contributed by atoms with van der Waals surface area (Å²) >= 11 is 2.84. The van der Waals surface area contributed by atoms with E-state index in [2.05, 4.69) is 15.3 Å². The van der Waals surface area contributed by atoms with E-state index in [-0.39, 0.29) is 5.91 Å². The molecule has 0 unspecified atom stereocenters. The molecule has 2 aromatic heterocycles. The van der Waals surface area contributed by atoms with Crippen LogP contribution in [0.1, 0.15) is 0 Å². The lowest BCUT2D eigenvalue weighted by Gasteiger charge is -2.18. The van der Waals surface area contributed by atoms with Crippen molar-refractivity contribution in [2.75, 3.05) is 24.3 Å². The SMILES string of the molecule is O=C(CSc1ccc2c(c1)OCCO2)Nc1nc(-c2cccnc2)cs1. The summed E-state index contributed by atoms with van der Waals surface area (Å²) in [7, 11) is 0. The summed E-state index contributed by atoms with van der Waals surface area (Å²) in [4.78, 5) is 21.7. The van der Waals surface area contributed by atoms with Crippen molar-refractivity contribution in [2.24, 2.45) is 0 Å². The molecule has 1 amide bonds. The number of nitrogens with one attached hydrogen (secondary N) is 1. The molecular formula is C18H15N3O3S2. The van der Waals surface area contributed by atoms with Crippen molar-refractivity contribution in [2.45, 2.75) is 4.90 Å². The number of nitrogens with zero attached hydrogens (tertiary/aromatic N) is 2. The van der Waals surface area contributed by atoms with E-state index in [1.165, 1.54) is 23.1 Å². The van der Waals surface area contributed by atoms with Crippen molar-refractivity contribution in [1.82, 2.24) is 9.97 Å². The average molecular weight is 385 g/mol. The molecule has 132 valence electrons. The third-order valence-electron chi connectivity index (χ3n) is 3.59. The van der Waals surface area contributed by atoms with E-state index in [9.17, 15) is 4.79 Å². The maximum Gasteiger partial charge on any atom is 0.236 e. The third-order valence-corrected chi connectivity index (χ3v) is 5.34. The highest BCUT2D eigenvalue weighted by Gasteiger charge is 2.13.